The van der Waals surface area contributed by atoms with E-state index in [-0.39, 0.29) is 17.9 Å². The molecular formula is C14H17FN4O. The minimum Gasteiger partial charge on any atom is -0.461 e. The second-order valence-corrected chi connectivity index (χ2v) is 4.64. The van der Waals surface area contributed by atoms with Crippen LogP contribution < -0.4 is 10.1 Å². The first-order chi connectivity index (χ1) is 9.49. The molecular weight excluding hydrogens is 259 g/mol. The first-order valence-electron chi connectivity index (χ1n) is 6.36. The van der Waals surface area contributed by atoms with Crippen LogP contribution in [-0.4, -0.2) is 28.1 Å². The number of ether oxygens (including phenoxy) is 1. The molecule has 0 saturated carbocycles. The third-order valence-electron chi connectivity index (χ3n) is 2.62. The molecule has 0 unspecified atom stereocenters. The Kier molecular flexibility index (Phi) is 4.12. The number of rotatable bonds is 4. The van der Waals surface area contributed by atoms with Crippen molar-refractivity contribution in [1.82, 2.24) is 15.0 Å². The summed E-state index contributed by atoms with van der Waals surface area (Å²) in [4.78, 5) is 12.6. The molecule has 20 heavy (non-hydrogen) atoms. The van der Waals surface area contributed by atoms with Crippen molar-refractivity contribution in [2.75, 3.05) is 12.4 Å². The molecule has 1 aromatic carbocycles. The van der Waals surface area contributed by atoms with Crippen LogP contribution in [0.5, 0.6) is 6.01 Å². The molecule has 0 radical (unpaired) electrons. The van der Waals surface area contributed by atoms with Crippen LogP contribution in [-0.2, 0) is 0 Å². The molecule has 0 spiro atoms. The summed E-state index contributed by atoms with van der Waals surface area (Å²) in [6, 6.07) is 4.72. The Hall–Kier alpha value is -2.24. The molecule has 1 N–H and O–H groups in total. The fourth-order valence-corrected chi connectivity index (χ4v) is 1.69. The van der Waals surface area contributed by atoms with Gasteiger partial charge in [-0.1, -0.05) is 6.07 Å². The quantitative estimate of drug-likeness (QED) is 0.930. The Morgan fingerprint density at radius 2 is 1.95 bits per heavy atom. The Morgan fingerprint density at radius 3 is 2.60 bits per heavy atom. The maximum Gasteiger partial charge on any atom is 0.322 e. The summed E-state index contributed by atoms with van der Waals surface area (Å²) >= 11 is 0. The van der Waals surface area contributed by atoms with Crippen molar-refractivity contribution in [3.63, 3.8) is 0 Å². The van der Waals surface area contributed by atoms with Crippen LogP contribution in [0.4, 0.5) is 10.3 Å². The first-order valence-corrected chi connectivity index (χ1v) is 6.36. The summed E-state index contributed by atoms with van der Waals surface area (Å²) in [5.41, 5.74) is 1.51. The molecule has 5 nitrogen and oxygen atoms in total. The summed E-state index contributed by atoms with van der Waals surface area (Å²) in [6.07, 6.45) is -0.0523. The van der Waals surface area contributed by atoms with Crippen molar-refractivity contribution in [2.24, 2.45) is 0 Å². The summed E-state index contributed by atoms with van der Waals surface area (Å²) in [5.74, 6) is 0.439. The molecule has 0 saturated heterocycles. The van der Waals surface area contributed by atoms with Crippen LogP contribution in [0, 0.1) is 12.7 Å². The maximum absolute atomic E-state index is 13.4. The van der Waals surface area contributed by atoms with Crippen molar-refractivity contribution in [2.45, 2.75) is 26.9 Å². The number of hydrogen-bond donors (Lipinski definition) is 1. The topological polar surface area (TPSA) is 59.9 Å². The van der Waals surface area contributed by atoms with E-state index in [1.165, 1.54) is 12.1 Å². The molecule has 0 aliphatic carbocycles. The number of hydrogen-bond acceptors (Lipinski definition) is 5. The fraction of sp³-hybridized carbons (Fsp3) is 0.357. The largest absolute Gasteiger partial charge is 0.461 e. The number of aryl methyl sites for hydroxylation is 1. The molecule has 106 valence electrons. The lowest BCUT2D eigenvalue weighted by Crippen LogP contribution is -2.11. The highest BCUT2D eigenvalue weighted by molar-refractivity contribution is 5.61. The van der Waals surface area contributed by atoms with Gasteiger partial charge in [-0.3, -0.25) is 0 Å². The Labute approximate surface area is 117 Å². The van der Waals surface area contributed by atoms with Crippen LogP contribution in [0.1, 0.15) is 19.4 Å². The highest BCUT2D eigenvalue weighted by atomic mass is 19.1. The number of halogens is 1. The molecule has 0 aliphatic rings. The highest BCUT2D eigenvalue weighted by Crippen LogP contribution is 2.23. The lowest BCUT2D eigenvalue weighted by molar-refractivity contribution is 0.222. The van der Waals surface area contributed by atoms with Gasteiger partial charge in [0, 0.05) is 12.6 Å². The molecule has 6 heteroatoms. The number of nitrogens with zero attached hydrogens (tertiary/aromatic N) is 3. The predicted octanol–water partition coefficient (Wildman–Crippen LogP) is 2.82. The Balaban J connectivity index is 2.52. The second-order valence-electron chi connectivity index (χ2n) is 4.64. The summed E-state index contributed by atoms with van der Waals surface area (Å²) in [7, 11) is 1.71. The Morgan fingerprint density at radius 1 is 1.20 bits per heavy atom. The van der Waals surface area contributed by atoms with Crippen LogP contribution in [0.25, 0.3) is 11.4 Å². The van der Waals surface area contributed by atoms with Crippen LogP contribution >= 0.6 is 0 Å². The van der Waals surface area contributed by atoms with Crippen molar-refractivity contribution in [1.29, 1.82) is 0 Å². The van der Waals surface area contributed by atoms with E-state index in [0.717, 1.165) is 5.56 Å². The molecule has 0 amide bonds. The van der Waals surface area contributed by atoms with E-state index in [0.29, 0.717) is 17.3 Å². The standard InChI is InChI=1S/C14H17FN4O/c1-8(2)20-14-18-12(17-13(16-4)19-14)11-7-10(15)6-5-9(11)3/h5-8H,1-4H3,(H,16,17,18,19). The smallest absolute Gasteiger partial charge is 0.322 e. The van der Waals surface area contributed by atoms with E-state index in [1.54, 1.807) is 13.1 Å². The van der Waals surface area contributed by atoms with Gasteiger partial charge in [-0.25, -0.2) is 4.39 Å². The molecule has 1 heterocycles. The van der Waals surface area contributed by atoms with Gasteiger partial charge >= 0.3 is 6.01 Å². The van der Waals surface area contributed by atoms with Crippen LogP contribution in [0.15, 0.2) is 18.2 Å². The maximum atomic E-state index is 13.4. The zero-order chi connectivity index (χ0) is 14.7. The van der Waals surface area contributed by atoms with Gasteiger partial charge in [-0.05, 0) is 38.5 Å². The Bertz CT molecular complexity index is 616. The molecule has 1 aromatic heterocycles. The molecule has 0 bridgehead atoms. The lowest BCUT2D eigenvalue weighted by atomic mass is 10.1. The van der Waals surface area contributed by atoms with Crippen molar-refractivity contribution >= 4 is 5.95 Å². The van der Waals surface area contributed by atoms with Gasteiger partial charge in [-0.15, -0.1) is 0 Å². The van der Waals surface area contributed by atoms with Gasteiger partial charge in [0.2, 0.25) is 5.95 Å². The third-order valence-corrected chi connectivity index (χ3v) is 2.62. The molecule has 0 aliphatic heterocycles. The summed E-state index contributed by atoms with van der Waals surface area (Å²) in [5, 5.41) is 2.85. The first kappa shape index (κ1) is 14.2. The predicted molar refractivity (Wildman–Crippen MR) is 75.3 cm³/mol. The van der Waals surface area contributed by atoms with Gasteiger partial charge in [-0.2, -0.15) is 15.0 Å². The average molecular weight is 276 g/mol. The normalized spacial score (nSPS) is 10.7. The molecule has 0 atom stereocenters. The van der Waals surface area contributed by atoms with Gasteiger partial charge in [0.1, 0.15) is 5.82 Å². The molecule has 2 aromatic rings. The van der Waals surface area contributed by atoms with E-state index in [1.807, 2.05) is 20.8 Å². The number of benzene rings is 1. The monoisotopic (exact) mass is 276 g/mol. The van der Waals surface area contributed by atoms with Crippen LogP contribution in [0.2, 0.25) is 0 Å². The zero-order valence-corrected chi connectivity index (χ0v) is 11.9. The van der Waals surface area contributed by atoms with Gasteiger partial charge < -0.3 is 10.1 Å². The van der Waals surface area contributed by atoms with E-state index in [9.17, 15) is 4.39 Å². The van der Waals surface area contributed by atoms with E-state index < -0.39 is 0 Å². The van der Waals surface area contributed by atoms with Crippen molar-refractivity contribution in [3.05, 3.63) is 29.6 Å². The van der Waals surface area contributed by atoms with Crippen molar-refractivity contribution < 1.29 is 9.13 Å². The van der Waals surface area contributed by atoms with Crippen molar-refractivity contribution in [3.8, 4) is 17.4 Å². The van der Waals surface area contributed by atoms with E-state index in [2.05, 4.69) is 20.3 Å². The lowest BCUT2D eigenvalue weighted by Gasteiger charge is -2.11. The fourth-order valence-electron chi connectivity index (χ4n) is 1.69. The molecule has 0 fully saturated rings. The van der Waals surface area contributed by atoms with Crippen LogP contribution in [0.3, 0.4) is 0 Å². The summed E-state index contributed by atoms with van der Waals surface area (Å²) < 4.78 is 18.9. The van der Waals surface area contributed by atoms with Gasteiger partial charge in [0.25, 0.3) is 0 Å². The average Bonchev–Trinajstić information content (AvgIpc) is 2.40. The van der Waals surface area contributed by atoms with Gasteiger partial charge in [0.15, 0.2) is 5.82 Å². The molecule has 2 rings (SSSR count). The van der Waals surface area contributed by atoms with E-state index >= 15 is 0 Å². The minimum absolute atomic E-state index is 0.0523. The second kappa shape index (κ2) is 5.81. The minimum atomic E-state index is -0.330. The number of nitrogens with one attached hydrogen (secondary N) is 1. The number of aromatic nitrogens is 3. The zero-order valence-electron chi connectivity index (χ0n) is 11.9. The SMILES string of the molecule is CNc1nc(OC(C)C)nc(-c2cc(F)ccc2C)n1. The summed E-state index contributed by atoms with van der Waals surface area (Å²) in [6.45, 7) is 5.65. The van der Waals surface area contributed by atoms with Gasteiger partial charge in [0.05, 0.1) is 6.10 Å². The third kappa shape index (κ3) is 3.20. The highest BCUT2D eigenvalue weighted by Gasteiger charge is 2.12. The number of anilines is 1. The van der Waals surface area contributed by atoms with E-state index in [4.69, 9.17) is 4.74 Å².